The maximum absolute atomic E-state index is 9.59. The summed E-state index contributed by atoms with van der Waals surface area (Å²) in [6, 6.07) is 5.69. The summed E-state index contributed by atoms with van der Waals surface area (Å²) in [5.41, 5.74) is 0.824. The zero-order valence-corrected chi connectivity index (χ0v) is 10.9. The first kappa shape index (κ1) is 12.5. The number of halogens is 1. The number of aliphatic hydroxyl groups is 1. The molecule has 1 rings (SSSR count). The van der Waals surface area contributed by atoms with Gasteiger partial charge < -0.3 is 9.84 Å². The fraction of sp³-hybridized carbons (Fsp3) is 0.500. The lowest BCUT2D eigenvalue weighted by molar-refractivity contribution is 0.188. The van der Waals surface area contributed by atoms with Crippen molar-refractivity contribution in [2.24, 2.45) is 5.92 Å². The Balaban J connectivity index is 2.86. The smallest absolute Gasteiger partial charge is 0.125 e. The van der Waals surface area contributed by atoms with Crippen molar-refractivity contribution in [1.82, 2.24) is 0 Å². The number of hydrogen-bond donors (Lipinski definition) is 1. The van der Waals surface area contributed by atoms with Crippen LogP contribution in [-0.2, 0) is 0 Å². The Bertz CT molecular complexity index is 321. The summed E-state index contributed by atoms with van der Waals surface area (Å²) in [6.45, 7) is 6.60. The van der Waals surface area contributed by atoms with Crippen molar-refractivity contribution in [2.75, 3.05) is 6.61 Å². The highest BCUT2D eigenvalue weighted by atomic mass is 79.9. The summed E-state index contributed by atoms with van der Waals surface area (Å²) in [5.74, 6) is 1.25. The van der Waals surface area contributed by atoms with Crippen LogP contribution < -0.4 is 4.74 Å². The lowest BCUT2D eigenvalue weighted by Crippen LogP contribution is -2.07. The van der Waals surface area contributed by atoms with Gasteiger partial charge in [0.05, 0.1) is 12.7 Å². The number of aliphatic hydroxyl groups excluding tert-OH is 1. The average Bonchev–Trinajstić information content (AvgIpc) is 2.15. The third kappa shape index (κ3) is 3.84. The Labute approximate surface area is 99.4 Å². The number of hydrogen-bond acceptors (Lipinski definition) is 2. The summed E-state index contributed by atoms with van der Waals surface area (Å²) in [4.78, 5) is 0. The van der Waals surface area contributed by atoms with Gasteiger partial charge in [0, 0.05) is 10.0 Å². The van der Waals surface area contributed by atoms with Gasteiger partial charge in [0.2, 0.25) is 0 Å². The molecule has 0 saturated heterocycles. The van der Waals surface area contributed by atoms with Gasteiger partial charge in [-0.3, -0.25) is 0 Å². The average molecular weight is 273 g/mol. The Morgan fingerprint density at radius 2 is 2.00 bits per heavy atom. The van der Waals surface area contributed by atoms with E-state index < -0.39 is 6.10 Å². The molecule has 0 unspecified atom stereocenters. The van der Waals surface area contributed by atoms with Crippen molar-refractivity contribution in [3.63, 3.8) is 0 Å². The second-order valence-electron chi connectivity index (χ2n) is 4.06. The molecule has 2 nitrogen and oxygen atoms in total. The Morgan fingerprint density at radius 3 is 2.53 bits per heavy atom. The predicted octanol–water partition coefficient (Wildman–Crippen LogP) is 3.54. The standard InChI is InChI=1S/C12H17BrO2/c1-8(2)7-15-12-5-4-10(13)6-11(12)9(3)14/h4-6,8-9,14H,7H2,1-3H3/t9-/m0/s1. The van der Waals surface area contributed by atoms with Gasteiger partial charge in [-0.15, -0.1) is 0 Å². The molecule has 1 aromatic rings. The van der Waals surface area contributed by atoms with E-state index in [9.17, 15) is 5.11 Å². The van der Waals surface area contributed by atoms with E-state index in [0.717, 1.165) is 15.8 Å². The monoisotopic (exact) mass is 272 g/mol. The van der Waals surface area contributed by atoms with Crippen LogP contribution in [0, 0.1) is 5.92 Å². The highest BCUT2D eigenvalue weighted by Gasteiger charge is 2.10. The highest BCUT2D eigenvalue weighted by molar-refractivity contribution is 9.10. The van der Waals surface area contributed by atoms with E-state index in [1.807, 2.05) is 18.2 Å². The molecule has 1 N–H and O–H groups in total. The lowest BCUT2D eigenvalue weighted by atomic mass is 10.1. The van der Waals surface area contributed by atoms with Crippen LogP contribution in [0.1, 0.15) is 32.4 Å². The van der Waals surface area contributed by atoms with E-state index in [0.29, 0.717) is 12.5 Å². The number of benzene rings is 1. The van der Waals surface area contributed by atoms with Gasteiger partial charge in [0.25, 0.3) is 0 Å². The molecule has 1 atom stereocenters. The summed E-state index contributed by atoms with van der Waals surface area (Å²) < 4.78 is 6.59. The fourth-order valence-corrected chi connectivity index (χ4v) is 1.61. The molecule has 0 heterocycles. The van der Waals surface area contributed by atoms with Crippen molar-refractivity contribution >= 4 is 15.9 Å². The van der Waals surface area contributed by atoms with Crippen molar-refractivity contribution in [3.05, 3.63) is 28.2 Å². The lowest BCUT2D eigenvalue weighted by Gasteiger charge is -2.15. The van der Waals surface area contributed by atoms with Crippen LogP contribution >= 0.6 is 15.9 Å². The van der Waals surface area contributed by atoms with Crippen molar-refractivity contribution in [1.29, 1.82) is 0 Å². The van der Waals surface area contributed by atoms with Crippen molar-refractivity contribution < 1.29 is 9.84 Å². The van der Waals surface area contributed by atoms with Crippen LogP contribution in [-0.4, -0.2) is 11.7 Å². The SMILES string of the molecule is CC(C)COc1ccc(Br)cc1[C@H](C)O. The molecular formula is C12H17BrO2. The quantitative estimate of drug-likeness (QED) is 0.909. The maximum Gasteiger partial charge on any atom is 0.125 e. The van der Waals surface area contributed by atoms with Crippen LogP contribution in [0.2, 0.25) is 0 Å². The van der Waals surface area contributed by atoms with Gasteiger partial charge in [0.15, 0.2) is 0 Å². The largest absolute Gasteiger partial charge is 0.493 e. The molecule has 0 bridgehead atoms. The van der Waals surface area contributed by atoms with Gasteiger partial charge in [-0.1, -0.05) is 29.8 Å². The Morgan fingerprint density at radius 1 is 1.33 bits per heavy atom. The summed E-state index contributed by atoms with van der Waals surface area (Å²) in [5, 5.41) is 9.59. The molecule has 0 aromatic heterocycles. The Kier molecular flexibility index (Phi) is 4.61. The zero-order valence-electron chi connectivity index (χ0n) is 9.33. The molecule has 0 radical (unpaired) electrons. The second-order valence-corrected chi connectivity index (χ2v) is 4.98. The maximum atomic E-state index is 9.59. The Hall–Kier alpha value is -0.540. The van der Waals surface area contributed by atoms with E-state index in [4.69, 9.17) is 4.74 Å². The highest BCUT2D eigenvalue weighted by Crippen LogP contribution is 2.28. The molecular weight excluding hydrogens is 256 g/mol. The van der Waals surface area contributed by atoms with Crippen LogP contribution in [0.5, 0.6) is 5.75 Å². The number of rotatable bonds is 4. The topological polar surface area (TPSA) is 29.5 Å². The summed E-state index contributed by atoms with van der Waals surface area (Å²) in [6.07, 6.45) is -0.510. The molecule has 0 saturated carbocycles. The molecule has 15 heavy (non-hydrogen) atoms. The van der Waals surface area contributed by atoms with Crippen LogP contribution in [0.25, 0.3) is 0 Å². The third-order valence-corrected chi connectivity index (χ3v) is 2.49. The molecule has 0 aliphatic carbocycles. The molecule has 1 aromatic carbocycles. The molecule has 3 heteroatoms. The first-order valence-corrected chi connectivity index (χ1v) is 5.90. The van der Waals surface area contributed by atoms with E-state index in [1.54, 1.807) is 6.92 Å². The van der Waals surface area contributed by atoms with Gasteiger partial charge in [-0.2, -0.15) is 0 Å². The predicted molar refractivity (Wildman–Crippen MR) is 65.1 cm³/mol. The minimum absolute atomic E-state index is 0.482. The van der Waals surface area contributed by atoms with Crippen LogP contribution in [0.15, 0.2) is 22.7 Å². The first-order valence-electron chi connectivity index (χ1n) is 5.11. The summed E-state index contributed by atoms with van der Waals surface area (Å²) in [7, 11) is 0. The molecule has 0 amide bonds. The van der Waals surface area contributed by atoms with Crippen LogP contribution in [0.3, 0.4) is 0 Å². The first-order chi connectivity index (χ1) is 7.00. The van der Waals surface area contributed by atoms with Gasteiger partial charge in [-0.05, 0) is 31.0 Å². The van der Waals surface area contributed by atoms with Crippen molar-refractivity contribution in [2.45, 2.75) is 26.9 Å². The van der Waals surface area contributed by atoms with Gasteiger partial charge in [-0.25, -0.2) is 0 Å². The van der Waals surface area contributed by atoms with Crippen molar-refractivity contribution in [3.8, 4) is 5.75 Å². The third-order valence-electron chi connectivity index (χ3n) is 1.99. The molecule has 0 fully saturated rings. The van der Waals surface area contributed by atoms with E-state index in [-0.39, 0.29) is 0 Å². The van der Waals surface area contributed by atoms with Crippen LogP contribution in [0.4, 0.5) is 0 Å². The normalized spacial score (nSPS) is 12.9. The second kappa shape index (κ2) is 5.52. The minimum Gasteiger partial charge on any atom is -0.493 e. The van der Waals surface area contributed by atoms with E-state index >= 15 is 0 Å². The fourth-order valence-electron chi connectivity index (χ4n) is 1.23. The minimum atomic E-state index is -0.510. The summed E-state index contributed by atoms with van der Waals surface area (Å²) >= 11 is 3.38. The number of ether oxygens (including phenoxy) is 1. The van der Waals surface area contributed by atoms with E-state index in [2.05, 4.69) is 29.8 Å². The molecule has 0 aliphatic rings. The molecule has 84 valence electrons. The van der Waals surface area contributed by atoms with Gasteiger partial charge >= 0.3 is 0 Å². The molecule has 0 spiro atoms. The van der Waals surface area contributed by atoms with E-state index in [1.165, 1.54) is 0 Å². The van der Waals surface area contributed by atoms with Gasteiger partial charge in [0.1, 0.15) is 5.75 Å². The molecule has 0 aliphatic heterocycles. The zero-order chi connectivity index (χ0) is 11.4.